The minimum atomic E-state index is 0.124. The topological polar surface area (TPSA) is 44.4 Å². The molecule has 2 atom stereocenters. The first kappa shape index (κ1) is 11.9. The molecule has 0 aliphatic carbocycles. The van der Waals surface area contributed by atoms with E-state index >= 15 is 0 Å². The van der Waals surface area contributed by atoms with Gasteiger partial charge >= 0.3 is 0 Å². The molecule has 2 fully saturated rings. The van der Waals surface area contributed by atoms with E-state index in [0.717, 1.165) is 32.5 Å². The molecule has 0 aromatic carbocycles. The van der Waals surface area contributed by atoms with Crippen molar-refractivity contribution in [2.24, 2.45) is 0 Å². The Morgan fingerprint density at radius 2 is 2.19 bits per heavy atom. The van der Waals surface area contributed by atoms with Crippen molar-refractivity contribution in [2.75, 3.05) is 26.7 Å². The summed E-state index contributed by atoms with van der Waals surface area (Å²) in [5.74, 6) is 0.245. The third-order valence-corrected chi connectivity index (χ3v) is 3.81. The predicted octanol–water partition coefficient (Wildman–Crippen LogP) is 0.339. The normalized spacial score (nSPS) is 33.2. The van der Waals surface area contributed by atoms with Crippen molar-refractivity contribution < 1.29 is 4.79 Å². The summed E-state index contributed by atoms with van der Waals surface area (Å²) in [6, 6.07) is 0.684. The summed E-state index contributed by atoms with van der Waals surface area (Å²) in [6.07, 6.45) is 5.77. The van der Waals surface area contributed by atoms with Gasteiger partial charge in [0.1, 0.15) is 0 Å². The Balaban J connectivity index is 1.95. The Morgan fingerprint density at radius 3 is 3.00 bits per heavy atom. The molecule has 0 radical (unpaired) electrons. The number of piperidine rings is 1. The second-order valence-corrected chi connectivity index (χ2v) is 4.93. The third-order valence-electron chi connectivity index (χ3n) is 3.81. The van der Waals surface area contributed by atoms with E-state index in [2.05, 4.69) is 15.5 Å². The number of amides is 1. The zero-order chi connectivity index (χ0) is 11.4. The number of carbonyl (C=O) groups is 1. The average molecular weight is 225 g/mol. The number of rotatable bonds is 2. The molecule has 0 saturated carbocycles. The third kappa shape index (κ3) is 2.74. The molecule has 2 N–H and O–H groups in total. The summed E-state index contributed by atoms with van der Waals surface area (Å²) in [5.41, 5.74) is 0. The fraction of sp³-hybridized carbons (Fsp3) is 0.917. The van der Waals surface area contributed by atoms with Gasteiger partial charge in [-0.2, -0.15) is 0 Å². The highest BCUT2D eigenvalue weighted by Crippen LogP contribution is 2.18. The molecular weight excluding hydrogens is 202 g/mol. The molecule has 0 spiro atoms. The summed E-state index contributed by atoms with van der Waals surface area (Å²) in [4.78, 5) is 14.3. The maximum Gasteiger partial charge on any atom is 0.237 e. The lowest BCUT2D eigenvalue weighted by Gasteiger charge is -2.36. The van der Waals surface area contributed by atoms with Crippen molar-refractivity contribution in [3.05, 3.63) is 0 Å². The maximum atomic E-state index is 11.9. The molecule has 2 rings (SSSR count). The summed E-state index contributed by atoms with van der Waals surface area (Å²) in [6.45, 7) is 2.96. The molecular formula is C12H23N3O. The van der Waals surface area contributed by atoms with Crippen LogP contribution in [0.1, 0.15) is 32.1 Å². The lowest BCUT2D eigenvalue weighted by Crippen LogP contribution is -2.53. The Bertz CT molecular complexity index is 244. The van der Waals surface area contributed by atoms with Crippen molar-refractivity contribution >= 4 is 5.91 Å². The summed E-state index contributed by atoms with van der Waals surface area (Å²) in [7, 11) is 2.02. The first-order valence-corrected chi connectivity index (χ1v) is 6.50. The van der Waals surface area contributed by atoms with Crippen LogP contribution in [0.3, 0.4) is 0 Å². The molecule has 4 nitrogen and oxygen atoms in total. The van der Waals surface area contributed by atoms with Crippen LogP contribution in [0.4, 0.5) is 0 Å². The highest BCUT2D eigenvalue weighted by atomic mass is 16.2. The second kappa shape index (κ2) is 5.64. The Morgan fingerprint density at radius 1 is 1.31 bits per heavy atom. The number of likely N-dealkylation sites (tertiary alicyclic amines) is 1. The van der Waals surface area contributed by atoms with Gasteiger partial charge in [0.05, 0.1) is 6.04 Å². The quantitative estimate of drug-likeness (QED) is 0.712. The molecule has 2 aliphatic heterocycles. The van der Waals surface area contributed by atoms with E-state index in [4.69, 9.17) is 0 Å². The lowest BCUT2D eigenvalue weighted by molar-refractivity contribution is -0.126. The molecule has 2 aliphatic rings. The number of nitrogens with zero attached hydrogens (tertiary/aromatic N) is 1. The van der Waals surface area contributed by atoms with E-state index in [1.54, 1.807) is 0 Å². The fourth-order valence-corrected chi connectivity index (χ4v) is 2.80. The van der Waals surface area contributed by atoms with Gasteiger partial charge in [-0.1, -0.05) is 0 Å². The van der Waals surface area contributed by atoms with Gasteiger partial charge in [-0.05, 0) is 45.7 Å². The van der Waals surface area contributed by atoms with Gasteiger partial charge in [0.25, 0.3) is 0 Å². The first-order chi connectivity index (χ1) is 7.81. The second-order valence-electron chi connectivity index (χ2n) is 4.93. The van der Waals surface area contributed by atoms with E-state index in [9.17, 15) is 4.79 Å². The van der Waals surface area contributed by atoms with Crippen molar-refractivity contribution in [1.82, 2.24) is 15.5 Å². The molecule has 0 aromatic rings. The van der Waals surface area contributed by atoms with Crippen LogP contribution >= 0.6 is 0 Å². The summed E-state index contributed by atoms with van der Waals surface area (Å²) < 4.78 is 0. The summed E-state index contributed by atoms with van der Waals surface area (Å²) in [5, 5.41) is 6.35. The van der Waals surface area contributed by atoms with Crippen molar-refractivity contribution in [3.8, 4) is 0 Å². The zero-order valence-electron chi connectivity index (χ0n) is 10.2. The maximum absolute atomic E-state index is 11.9. The van der Waals surface area contributed by atoms with E-state index in [0.29, 0.717) is 6.04 Å². The standard InChI is InChI=1S/C12H23N3O/c1-13-10-5-4-8-15(9-10)11-6-2-3-7-14-12(11)16/h10-11,13H,2-9H2,1H3,(H,14,16). The monoisotopic (exact) mass is 225 g/mol. The molecule has 2 unspecified atom stereocenters. The SMILES string of the molecule is CNC1CCCN(C2CCCCNC2=O)C1. The van der Waals surface area contributed by atoms with Crippen LogP contribution in [0, 0.1) is 0 Å². The molecule has 0 aromatic heterocycles. The summed E-state index contributed by atoms with van der Waals surface area (Å²) >= 11 is 0. The molecule has 2 saturated heterocycles. The van der Waals surface area contributed by atoms with E-state index in [1.165, 1.54) is 19.3 Å². The minimum Gasteiger partial charge on any atom is -0.355 e. The van der Waals surface area contributed by atoms with Gasteiger partial charge in [-0.3, -0.25) is 9.69 Å². The van der Waals surface area contributed by atoms with Gasteiger partial charge in [-0.15, -0.1) is 0 Å². The van der Waals surface area contributed by atoms with Crippen LogP contribution < -0.4 is 10.6 Å². The molecule has 2 heterocycles. The van der Waals surface area contributed by atoms with Crippen LogP contribution in [-0.2, 0) is 4.79 Å². The van der Waals surface area contributed by atoms with Gasteiger partial charge in [-0.25, -0.2) is 0 Å². The predicted molar refractivity (Wildman–Crippen MR) is 64.3 cm³/mol. The van der Waals surface area contributed by atoms with Crippen molar-refractivity contribution in [2.45, 2.75) is 44.2 Å². The molecule has 92 valence electrons. The Hall–Kier alpha value is -0.610. The van der Waals surface area contributed by atoms with Crippen LogP contribution in [0.2, 0.25) is 0 Å². The Labute approximate surface area is 97.8 Å². The van der Waals surface area contributed by atoms with E-state index in [-0.39, 0.29) is 11.9 Å². The van der Waals surface area contributed by atoms with Gasteiger partial charge in [0, 0.05) is 19.1 Å². The van der Waals surface area contributed by atoms with Gasteiger partial charge in [0.15, 0.2) is 0 Å². The number of hydrogen-bond acceptors (Lipinski definition) is 3. The Kier molecular flexibility index (Phi) is 4.18. The number of nitrogens with one attached hydrogen (secondary N) is 2. The minimum absolute atomic E-state index is 0.124. The van der Waals surface area contributed by atoms with Crippen LogP contribution in [0.15, 0.2) is 0 Å². The van der Waals surface area contributed by atoms with Gasteiger partial charge < -0.3 is 10.6 Å². The van der Waals surface area contributed by atoms with E-state index in [1.807, 2.05) is 7.05 Å². The smallest absolute Gasteiger partial charge is 0.237 e. The molecule has 0 bridgehead atoms. The zero-order valence-corrected chi connectivity index (χ0v) is 10.2. The number of likely N-dealkylation sites (N-methyl/N-ethyl adjacent to an activating group) is 1. The van der Waals surface area contributed by atoms with Crippen LogP contribution in [0.5, 0.6) is 0 Å². The van der Waals surface area contributed by atoms with Crippen LogP contribution in [0.25, 0.3) is 0 Å². The molecule has 16 heavy (non-hydrogen) atoms. The van der Waals surface area contributed by atoms with Gasteiger partial charge in [0.2, 0.25) is 5.91 Å². The number of carbonyl (C=O) groups excluding carboxylic acids is 1. The highest BCUT2D eigenvalue weighted by molar-refractivity contribution is 5.81. The fourth-order valence-electron chi connectivity index (χ4n) is 2.80. The lowest BCUT2D eigenvalue weighted by atomic mass is 10.0. The molecule has 4 heteroatoms. The van der Waals surface area contributed by atoms with E-state index < -0.39 is 0 Å². The van der Waals surface area contributed by atoms with Crippen molar-refractivity contribution in [3.63, 3.8) is 0 Å². The first-order valence-electron chi connectivity index (χ1n) is 6.50. The average Bonchev–Trinajstić information content (AvgIpc) is 2.54. The highest BCUT2D eigenvalue weighted by Gasteiger charge is 2.30. The largest absolute Gasteiger partial charge is 0.355 e. The van der Waals surface area contributed by atoms with Crippen molar-refractivity contribution in [1.29, 1.82) is 0 Å². The number of hydrogen-bond donors (Lipinski definition) is 2. The molecule has 1 amide bonds. The van der Waals surface area contributed by atoms with Crippen LogP contribution in [-0.4, -0.2) is 49.6 Å².